The predicted octanol–water partition coefficient (Wildman–Crippen LogP) is 8.35. The van der Waals surface area contributed by atoms with Gasteiger partial charge in [-0.3, -0.25) is 9.36 Å². The maximum Gasteiger partial charge on any atom is 0.418 e. The van der Waals surface area contributed by atoms with Crippen molar-refractivity contribution in [2.45, 2.75) is 25.7 Å². The first kappa shape index (κ1) is 28.7. The van der Waals surface area contributed by atoms with Crippen molar-refractivity contribution < 1.29 is 18.0 Å². The molecule has 0 radical (unpaired) electrons. The highest BCUT2D eigenvalue weighted by molar-refractivity contribution is 5.91. The summed E-state index contributed by atoms with van der Waals surface area (Å²) >= 11 is 0. The molecule has 1 N–H and O–H groups in total. The number of nitrogens with zero attached hydrogens (tertiary/aromatic N) is 3. The highest BCUT2D eigenvalue weighted by atomic mass is 19.4. The van der Waals surface area contributed by atoms with E-state index in [2.05, 4.69) is 5.32 Å². The average Bonchev–Trinajstić information content (AvgIpc) is 3.03. The number of anilines is 1. The van der Waals surface area contributed by atoms with Crippen LogP contribution in [0.15, 0.2) is 126 Å². The summed E-state index contributed by atoms with van der Waals surface area (Å²) in [5.41, 5.74) is 0.0931. The number of aromatic nitrogens is 2. The minimum Gasteiger partial charge on any atom is -0.310 e. The molecule has 220 valence electrons. The van der Waals surface area contributed by atoms with Crippen LogP contribution in [-0.4, -0.2) is 20.5 Å². The molecule has 1 aromatic heterocycles. The lowest BCUT2D eigenvalue weighted by Gasteiger charge is -2.31. The number of nitrogens with one attached hydrogen (secondary N) is 1. The Morgan fingerprint density at radius 2 is 1.50 bits per heavy atom. The lowest BCUT2D eigenvalue weighted by Crippen LogP contribution is -2.39. The molecule has 0 aliphatic heterocycles. The van der Waals surface area contributed by atoms with Crippen molar-refractivity contribution >= 4 is 33.4 Å². The predicted molar refractivity (Wildman–Crippen MR) is 166 cm³/mol. The largest absolute Gasteiger partial charge is 0.418 e. The Morgan fingerprint density at radius 3 is 2.27 bits per heavy atom. The summed E-state index contributed by atoms with van der Waals surface area (Å²) in [6.07, 6.45) is -4.67. The third-order valence-electron chi connectivity index (χ3n) is 7.56. The zero-order chi connectivity index (χ0) is 30.8. The Morgan fingerprint density at radius 1 is 0.841 bits per heavy atom. The fourth-order valence-electron chi connectivity index (χ4n) is 5.33. The molecule has 0 saturated carbocycles. The van der Waals surface area contributed by atoms with Crippen LogP contribution < -0.4 is 10.9 Å². The monoisotopic (exact) mass is 592 g/mol. The van der Waals surface area contributed by atoms with Gasteiger partial charge in [-0.2, -0.15) is 13.2 Å². The normalized spacial score (nSPS) is 12.3. The van der Waals surface area contributed by atoms with E-state index in [1.807, 2.05) is 72.8 Å². The number of benzene rings is 5. The van der Waals surface area contributed by atoms with Gasteiger partial charge in [-0.15, -0.1) is 0 Å². The Labute approximate surface area is 251 Å². The van der Waals surface area contributed by atoms with E-state index in [-0.39, 0.29) is 23.6 Å². The molecule has 0 aliphatic rings. The Kier molecular flexibility index (Phi) is 7.61. The maximum atomic E-state index is 14.1. The summed E-state index contributed by atoms with van der Waals surface area (Å²) in [6, 6.07) is 32.6. The van der Waals surface area contributed by atoms with Gasteiger partial charge in [0.2, 0.25) is 0 Å². The molecule has 0 fully saturated rings. The minimum absolute atomic E-state index is 0.0441. The topological polar surface area (TPSA) is 67.2 Å². The first-order chi connectivity index (χ1) is 21.2. The second kappa shape index (κ2) is 11.7. The van der Waals surface area contributed by atoms with E-state index in [0.717, 1.165) is 22.4 Å². The van der Waals surface area contributed by atoms with Crippen LogP contribution in [0.1, 0.15) is 29.9 Å². The lowest BCUT2D eigenvalue weighted by molar-refractivity contribution is -0.136. The number of carbonyl (C=O) groups excluding carboxylic acids is 1. The van der Waals surface area contributed by atoms with Gasteiger partial charge in [-0.05, 0) is 59.7 Å². The van der Waals surface area contributed by atoms with Crippen molar-refractivity contribution in [1.82, 2.24) is 14.5 Å². The summed E-state index contributed by atoms with van der Waals surface area (Å²) in [4.78, 5) is 34.2. The molecule has 6 rings (SSSR count). The average molecular weight is 593 g/mol. The third kappa shape index (κ3) is 5.64. The standard InChI is InChI=1S/C35H27F3N4O2/c1-23(41(22-24-11-3-2-4-12-24)34(44)40-31-18-10-8-16-29(31)35(36,37)38)32-39-30-17-9-7-15-28(30)33(43)42(32)27-20-19-25-13-5-6-14-26(25)21-27/h2-21,23H,22H2,1H3,(H,40,44). The molecule has 6 nitrogen and oxygen atoms in total. The fraction of sp³-hybridized carbons (Fsp3) is 0.114. The first-order valence-electron chi connectivity index (χ1n) is 14.0. The molecule has 9 heteroatoms. The quantitative estimate of drug-likeness (QED) is 0.211. The number of amides is 2. The van der Waals surface area contributed by atoms with Crippen molar-refractivity contribution in [3.05, 3.63) is 149 Å². The zero-order valence-corrected chi connectivity index (χ0v) is 23.6. The second-order valence-electron chi connectivity index (χ2n) is 10.4. The van der Waals surface area contributed by atoms with Crippen molar-refractivity contribution in [2.24, 2.45) is 0 Å². The van der Waals surface area contributed by atoms with E-state index in [1.54, 1.807) is 31.2 Å². The van der Waals surface area contributed by atoms with Crippen molar-refractivity contribution in [3.63, 3.8) is 0 Å². The third-order valence-corrected chi connectivity index (χ3v) is 7.56. The molecule has 44 heavy (non-hydrogen) atoms. The SMILES string of the molecule is CC(c1nc2ccccc2c(=O)n1-c1ccc2ccccc2c1)N(Cc1ccccc1)C(=O)Nc1ccccc1C(F)(F)F. The Balaban J connectivity index is 1.51. The number of hydrogen-bond acceptors (Lipinski definition) is 3. The molecule has 1 atom stereocenters. The van der Waals surface area contributed by atoms with Crippen molar-refractivity contribution in [3.8, 4) is 5.69 Å². The van der Waals surface area contributed by atoms with Gasteiger partial charge in [0.25, 0.3) is 5.56 Å². The van der Waals surface area contributed by atoms with E-state index in [9.17, 15) is 22.8 Å². The summed E-state index contributed by atoms with van der Waals surface area (Å²) < 4.78 is 42.9. The number of rotatable bonds is 6. The van der Waals surface area contributed by atoms with Gasteiger partial charge in [0.1, 0.15) is 5.82 Å². The maximum absolute atomic E-state index is 14.1. The molecular formula is C35H27F3N4O2. The van der Waals surface area contributed by atoms with Crippen LogP contribution in [0.3, 0.4) is 0 Å². The van der Waals surface area contributed by atoms with Crippen LogP contribution in [-0.2, 0) is 12.7 Å². The molecule has 0 saturated heterocycles. The van der Waals surface area contributed by atoms with Gasteiger partial charge in [0.05, 0.1) is 33.9 Å². The van der Waals surface area contributed by atoms with Gasteiger partial charge in [0.15, 0.2) is 0 Å². The van der Waals surface area contributed by atoms with Crippen LogP contribution in [0.25, 0.3) is 27.4 Å². The van der Waals surface area contributed by atoms with Gasteiger partial charge < -0.3 is 10.2 Å². The second-order valence-corrected chi connectivity index (χ2v) is 10.4. The van der Waals surface area contributed by atoms with Crippen LogP contribution in [0.4, 0.5) is 23.7 Å². The summed E-state index contributed by atoms with van der Waals surface area (Å²) in [5.74, 6) is 0.263. The number of hydrogen-bond donors (Lipinski definition) is 1. The molecule has 1 heterocycles. The molecule has 0 aliphatic carbocycles. The van der Waals surface area contributed by atoms with Gasteiger partial charge in [-0.25, -0.2) is 9.78 Å². The molecule has 1 unspecified atom stereocenters. The van der Waals surface area contributed by atoms with E-state index >= 15 is 0 Å². The molecule has 0 spiro atoms. The Bertz CT molecular complexity index is 2040. The molecule has 6 aromatic rings. The number of halogens is 3. The first-order valence-corrected chi connectivity index (χ1v) is 14.0. The van der Waals surface area contributed by atoms with Gasteiger partial charge in [0, 0.05) is 6.54 Å². The number of carbonyl (C=O) groups is 1. The smallest absolute Gasteiger partial charge is 0.310 e. The van der Waals surface area contributed by atoms with Gasteiger partial charge in [-0.1, -0.05) is 84.9 Å². The number of fused-ring (bicyclic) bond motifs is 2. The highest BCUT2D eigenvalue weighted by Gasteiger charge is 2.35. The molecular weight excluding hydrogens is 565 g/mol. The van der Waals surface area contributed by atoms with Crippen LogP contribution in [0, 0.1) is 0 Å². The van der Waals surface area contributed by atoms with Crippen molar-refractivity contribution in [2.75, 3.05) is 5.32 Å². The number of para-hydroxylation sites is 2. The van der Waals surface area contributed by atoms with E-state index < -0.39 is 23.8 Å². The fourth-order valence-corrected chi connectivity index (χ4v) is 5.33. The number of alkyl halides is 3. The number of urea groups is 1. The van der Waals surface area contributed by atoms with Crippen LogP contribution in [0.2, 0.25) is 0 Å². The minimum atomic E-state index is -4.67. The lowest BCUT2D eigenvalue weighted by atomic mass is 10.1. The Hall–Kier alpha value is -5.44. The summed E-state index contributed by atoms with van der Waals surface area (Å²) in [6.45, 7) is 1.76. The van der Waals surface area contributed by atoms with E-state index in [1.165, 1.54) is 27.7 Å². The van der Waals surface area contributed by atoms with Crippen LogP contribution >= 0.6 is 0 Å². The van der Waals surface area contributed by atoms with E-state index in [0.29, 0.717) is 16.6 Å². The van der Waals surface area contributed by atoms with Crippen molar-refractivity contribution in [1.29, 1.82) is 0 Å². The molecule has 2 amide bonds. The van der Waals surface area contributed by atoms with Gasteiger partial charge >= 0.3 is 12.2 Å². The van der Waals surface area contributed by atoms with Crippen LogP contribution in [0.5, 0.6) is 0 Å². The summed E-state index contributed by atoms with van der Waals surface area (Å²) in [5, 5.41) is 4.77. The summed E-state index contributed by atoms with van der Waals surface area (Å²) in [7, 11) is 0. The highest BCUT2D eigenvalue weighted by Crippen LogP contribution is 2.35. The molecule has 5 aromatic carbocycles. The zero-order valence-electron chi connectivity index (χ0n) is 23.6. The molecule has 0 bridgehead atoms. The van der Waals surface area contributed by atoms with E-state index in [4.69, 9.17) is 4.98 Å².